The first-order valence-corrected chi connectivity index (χ1v) is 10.9. The summed E-state index contributed by atoms with van der Waals surface area (Å²) in [6.07, 6.45) is 1.77. The quantitative estimate of drug-likeness (QED) is 0.496. The van der Waals surface area contributed by atoms with E-state index in [-0.39, 0.29) is 5.78 Å². The smallest absolute Gasteiger partial charge is 0.231 e. The molecule has 0 amide bonds. The van der Waals surface area contributed by atoms with Crippen molar-refractivity contribution in [3.05, 3.63) is 82.6 Å². The van der Waals surface area contributed by atoms with Gasteiger partial charge in [0.25, 0.3) is 0 Å². The van der Waals surface area contributed by atoms with Crippen molar-refractivity contribution in [2.24, 2.45) is 0 Å². The van der Waals surface area contributed by atoms with Crippen molar-refractivity contribution in [2.45, 2.75) is 13.1 Å². The lowest BCUT2D eigenvalue weighted by molar-refractivity contribution is 0.0871. The molecule has 2 heterocycles. The van der Waals surface area contributed by atoms with Gasteiger partial charge in [-0.2, -0.15) is 0 Å². The SMILES string of the molecule is COc1cc(CN2COc3ccc4c(c3C2)O/C(=C\c2ccccc2)C4=O)cc(OC)c1OC. The van der Waals surface area contributed by atoms with Gasteiger partial charge in [-0.15, -0.1) is 0 Å². The van der Waals surface area contributed by atoms with Gasteiger partial charge in [-0.3, -0.25) is 9.69 Å². The number of allylic oxidation sites excluding steroid dienone is 1. The molecule has 0 saturated carbocycles. The first-order valence-electron chi connectivity index (χ1n) is 10.9. The van der Waals surface area contributed by atoms with Crippen LogP contribution in [0.25, 0.3) is 6.08 Å². The molecule has 0 spiro atoms. The van der Waals surface area contributed by atoms with Crippen molar-refractivity contribution in [2.75, 3.05) is 28.1 Å². The van der Waals surface area contributed by atoms with E-state index in [2.05, 4.69) is 4.90 Å². The number of ketones is 1. The molecular weight excluding hydrogens is 434 g/mol. The lowest BCUT2D eigenvalue weighted by Gasteiger charge is -2.30. The fourth-order valence-corrected chi connectivity index (χ4v) is 4.29. The number of fused-ring (bicyclic) bond motifs is 3. The van der Waals surface area contributed by atoms with Gasteiger partial charge in [0.1, 0.15) is 18.2 Å². The lowest BCUT2D eigenvalue weighted by Crippen LogP contribution is -2.31. The molecule has 2 aliphatic rings. The lowest BCUT2D eigenvalue weighted by atomic mass is 10.0. The summed E-state index contributed by atoms with van der Waals surface area (Å²) >= 11 is 0. The third-order valence-electron chi connectivity index (χ3n) is 5.91. The van der Waals surface area contributed by atoms with Gasteiger partial charge < -0.3 is 23.7 Å². The monoisotopic (exact) mass is 459 g/mol. The van der Waals surface area contributed by atoms with Crippen LogP contribution in [0.1, 0.15) is 27.0 Å². The number of benzene rings is 3. The summed E-state index contributed by atoms with van der Waals surface area (Å²) in [4.78, 5) is 15.1. The highest BCUT2D eigenvalue weighted by molar-refractivity contribution is 6.15. The van der Waals surface area contributed by atoms with E-state index in [1.54, 1.807) is 33.5 Å². The van der Waals surface area contributed by atoms with Gasteiger partial charge >= 0.3 is 0 Å². The van der Waals surface area contributed by atoms with Crippen molar-refractivity contribution in [1.82, 2.24) is 4.90 Å². The zero-order chi connectivity index (χ0) is 23.7. The standard InChI is InChI=1S/C27H25NO6/c1-30-23-12-18(13-24(31-2)27(23)32-3)14-28-15-20-21(33-16-28)10-9-19-25(29)22(34-26(19)20)11-17-7-5-4-6-8-17/h4-13H,14-16H2,1-3H3/b22-11-. The summed E-state index contributed by atoms with van der Waals surface area (Å²) in [5, 5.41) is 0. The summed E-state index contributed by atoms with van der Waals surface area (Å²) in [6, 6.07) is 17.1. The van der Waals surface area contributed by atoms with Gasteiger partial charge in [-0.25, -0.2) is 0 Å². The van der Waals surface area contributed by atoms with Crippen LogP contribution in [-0.2, 0) is 13.1 Å². The van der Waals surface area contributed by atoms with E-state index in [1.807, 2.05) is 48.5 Å². The third kappa shape index (κ3) is 3.95. The second-order valence-electron chi connectivity index (χ2n) is 8.06. The Hall–Kier alpha value is -3.97. The molecular formula is C27H25NO6. The average Bonchev–Trinajstić information content (AvgIpc) is 3.19. The van der Waals surface area contributed by atoms with E-state index < -0.39 is 0 Å². The molecule has 0 radical (unpaired) electrons. The van der Waals surface area contributed by atoms with E-state index in [1.165, 1.54) is 0 Å². The number of rotatable bonds is 6. The predicted octanol–water partition coefficient (Wildman–Crippen LogP) is 4.68. The molecule has 0 fully saturated rings. The first kappa shape index (κ1) is 21.9. The number of hydrogen-bond acceptors (Lipinski definition) is 7. The van der Waals surface area contributed by atoms with Crippen molar-refractivity contribution >= 4 is 11.9 Å². The minimum atomic E-state index is -0.122. The number of hydrogen-bond donors (Lipinski definition) is 0. The molecule has 5 rings (SSSR count). The van der Waals surface area contributed by atoms with Crippen LogP contribution in [0.5, 0.6) is 28.7 Å². The van der Waals surface area contributed by atoms with Crippen LogP contribution in [-0.4, -0.2) is 38.7 Å². The van der Waals surface area contributed by atoms with Crippen molar-refractivity contribution < 1.29 is 28.5 Å². The number of carbonyl (C=O) groups is 1. The molecule has 3 aromatic rings. The van der Waals surface area contributed by atoms with Gasteiger partial charge in [0.2, 0.25) is 11.5 Å². The first-order chi connectivity index (χ1) is 16.6. The Labute approximate surface area is 198 Å². The maximum atomic E-state index is 13.0. The minimum absolute atomic E-state index is 0.122. The Morgan fingerprint density at radius 2 is 1.71 bits per heavy atom. The van der Waals surface area contributed by atoms with Crippen LogP contribution in [0.3, 0.4) is 0 Å². The van der Waals surface area contributed by atoms with Gasteiger partial charge in [0.05, 0.1) is 32.5 Å². The van der Waals surface area contributed by atoms with Crippen LogP contribution >= 0.6 is 0 Å². The Bertz CT molecular complexity index is 1240. The molecule has 0 bridgehead atoms. The van der Waals surface area contributed by atoms with Crippen LogP contribution in [0.4, 0.5) is 0 Å². The van der Waals surface area contributed by atoms with Gasteiger partial charge in [-0.1, -0.05) is 30.3 Å². The Kier molecular flexibility index (Phi) is 5.86. The van der Waals surface area contributed by atoms with E-state index in [0.29, 0.717) is 54.1 Å². The highest BCUT2D eigenvalue weighted by Crippen LogP contribution is 2.43. The van der Waals surface area contributed by atoms with E-state index in [0.717, 1.165) is 22.4 Å². The summed E-state index contributed by atoms with van der Waals surface area (Å²) in [6.45, 7) is 1.56. The Balaban J connectivity index is 1.41. The number of methoxy groups -OCH3 is 3. The zero-order valence-electron chi connectivity index (χ0n) is 19.3. The van der Waals surface area contributed by atoms with Crippen LogP contribution < -0.4 is 23.7 Å². The minimum Gasteiger partial charge on any atom is -0.493 e. The summed E-state index contributed by atoms with van der Waals surface area (Å²) < 4.78 is 28.5. The van der Waals surface area contributed by atoms with Crippen LogP contribution in [0, 0.1) is 0 Å². The van der Waals surface area contributed by atoms with E-state index in [4.69, 9.17) is 23.7 Å². The van der Waals surface area contributed by atoms with Crippen LogP contribution in [0.2, 0.25) is 0 Å². The summed E-state index contributed by atoms with van der Waals surface area (Å²) in [5.74, 6) is 3.24. The second-order valence-corrected chi connectivity index (χ2v) is 8.06. The van der Waals surface area contributed by atoms with Gasteiger partial charge in [0, 0.05) is 13.1 Å². The molecule has 0 aliphatic carbocycles. The Morgan fingerprint density at radius 3 is 2.38 bits per heavy atom. The van der Waals surface area contributed by atoms with Crippen molar-refractivity contribution in [3.63, 3.8) is 0 Å². The topological polar surface area (TPSA) is 66.5 Å². The number of Topliss-reactive ketones (excluding diaryl/α,β-unsaturated/α-hetero) is 1. The second kappa shape index (κ2) is 9.11. The number of carbonyl (C=O) groups excluding carboxylic acids is 1. The largest absolute Gasteiger partial charge is 0.493 e. The number of ether oxygens (including phenoxy) is 5. The average molecular weight is 459 g/mol. The molecule has 0 N–H and O–H groups in total. The molecule has 7 nitrogen and oxygen atoms in total. The van der Waals surface area contributed by atoms with Crippen LogP contribution in [0.15, 0.2) is 60.4 Å². The van der Waals surface area contributed by atoms with E-state index >= 15 is 0 Å². The summed E-state index contributed by atoms with van der Waals surface area (Å²) in [5.41, 5.74) is 3.31. The van der Waals surface area contributed by atoms with Gasteiger partial charge in [0.15, 0.2) is 17.3 Å². The molecule has 34 heavy (non-hydrogen) atoms. The van der Waals surface area contributed by atoms with Crippen molar-refractivity contribution in [1.29, 1.82) is 0 Å². The molecule has 0 aromatic heterocycles. The predicted molar refractivity (Wildman–Crippen MR) is 127 cm³/mol. The highest BCUT2D eigenvalue weighted by atomic mass is 16.5. The fourth-order valence-electron chi connectivity index (χ4n) is 4.29. The maximum absolute atomic E-state index is 13.0. The fraction of sp³-hybridized carbons (Fsp3) is 0.222. The molecule has 0 atom stereocenters. The zero-order valence-corrected chi connectivity index (χ0v) is 19.3. The molecule has 2 aliphatic heterocycles. The maximum Gasteiger partial charge on any atom is 0.231 e. The number of nitrogens with zero attached hydrogens (tertiary/aromatic N) is 1. The molecule has 3 aromatic carbocycles. The molecule has 0 saturated heterocycles. The van der Waals surface area contributed by atoms with Gasteiger partial charge in [-0.05, 0) is 41.5 Å². The third-order valence-corrected chi connectivity index (χ3v) is 5.91. The van der Waals surface area contributed by atoms with E-state index in [9.17, 15) is 4.79 Å². The highest BCUT2D eigenvalue weighted by Gasteiger charge is 2.33. The Morgan fingerprint density at radius 1 is 0.971 bits per heavy atom. The summed E-state index contributed by atoms with van der Waals surface area (Å²) in [7, 11) is 4.77. The van der Waals surface area contributed by atoms with Crippen molar-refractivity contribution in [3.8, 4) is 28.7 Å². The molecule has 174 valence electrons. The normalized spacial score (nSPS) is 15.9. The molecule has 0 unspecified atom stereocenters. The molecule has 7 heteroatoms.